The highest BCUT2D eigenvalue weighted by Crippen LogP contribution is 2.91. The Morgan fingerprint density at radius 3 is 1.37 bits per heavy atom. The minimum Gasteiger partial charge on any atom is -0.457 e. The molecule has 6 N–H and O–H groups in total. The summed E-state index contributed by atoms with van der Waals surface area (Å²) in [7, 11) is 0. The predicted octanol–water partition coefficient (Wildman–Crippen LogP) is 11.5. The lowest BCUT2D eigenvalue weighted by atomic mass is 9.41. The molecule has 14 aliphatic rings. The summed E-state index contributed by atoms with van der Waals surface area (Å²) in [5, 5.41) is 67.0. The standard InChI is InChI=1S/C43H63NO8.C32H52O6.C11H13NO3/c1-25-22-28(35(39(5,6)48)50-26(2)45)51-33-32(25)40(7)18-19-43-24-42(43)17-16-31(38(3,4)29(42)14-15-30(43)41(40,8)34(33)46)52-37-36(47)44(20-21-49-37)23-27-12-10-9-11-13-27;1-17-15-19(26(28(5,6)36)37-18(2)33)38-24-23(17)29(7)13-14-32-16-31(32)12-11-22(34)27(3,4)20(31)9-10-21(32)30(29,8)25(24)35;13-10-11(14)15-7-6-12(10)8-9-4-2-1-3-5-9/h9-13,25,28-35,37,46,48H,14-24H2,1-8H3;17,19-26,34-36H,9-16H2,1-8H3;1-5,11,14H,6-8H2/t25-,28-,29+,30+,31+,32?,33+,34+,35+,37?,40-,41-,42?,43+;17-,19-,20+,21+,22+,23?,24+,25+,26+,29-,30-,31?,32+;/m11./s1. The van der Waals surface area contributed by atoms with E-state index in [0.29, 0.717) is 81.3 Å². The van der Waals surface area contributed by atoms with Gasteiger partial charge in [0.05, 0.1) is 73.2 Å². The van der Waals surface area contributed by atoms with E-state index in [4.69, 9.17) is 33.2 Å². The van der Waals surface area contributed by atoms with E-state index < -0.39 is 72.3 Å². The molecule has 10 saturated carbocycles. The Labute approximate surface area is 624 Å². The van der Waals surface area contributed by atoms with Crippen LogP contribution in [0.15, 0.2) is 60.7 Å². The summed E-state index contributed by atoms with van der Waals surface area (Å²) < 4.78 is 42.5. The molecule has 19 heteroatoms. The van der Waals surface area contributed by atoms with E-state index in [1.807, 2.05) is 53.4 Å². The van der Waals surface area contributed by atoms with Crippen LogP contribution in [0.5, 0.6) is 0 Å². The number of hydrogen-bond donors (Lipinski definition) is 6. The van der Waals surface area contributed by atoms with Crippen molar-refractivity contribution >= 4 is 23.8 Å². The van der Waals surface area contributed by atoms with E-state index in [1.54, 1.807) is 32.6 Å². The van der Waals surface area contributed by atoms with E-state index >= 15 is 0 Å². The summed E-state index contributed by atoms with van der Waals surface area (Å²) in [6.07, 6.45) is 9.89. The topological polar surface area (TPSA) is 261 Å². The highest BCUT2D eigenvalue weighted by molar-refractivity contribution is 5.80. The van der Waals surface area contributed by atoms with Gasteiger partial charge in [0.2, 0.25) is 12.6 Å². The average molecular weight is 1460 g/mol. The number of morpholine rings is 2. The van der Waals surface area contributed by atoms with Crippen LogP contribution in [0.3, 0.4) is 0 Å². The molecule has 2 amide bonds. The molecule has 10 aliphatic carbocycles. The molecule has 14 fully saturated rings. The summed E-state index contributed by atoms with van der Waals surface area (Å²) in [5.74, 6) is 1.50. The maximum absolute atomic E-state index is 13.6. The minimum atomic E-state index is -1.29. The van der Waals surface area contributed by atoms with Crippen LogP contribution in [0, 0.1) is 101 Å². The molecule has 2 aromatic rings. The fraction of sp³-hybridized carbons (Fsp3) is 0.814. The zero-order valence-electron chi connectivity index (χ0n) is 65.9. The van der Waals surface area contributed by atoms with Gasteiger partial charge in [-0.05, 0) is 232 Å². The molecule has 584 valence electrons. The molecule has 28 atom stereocenters. The lowest BCUT2D eigenvalue weighted by Crippen LogP contribution is -2.60. The quantitative estimate of drug-likeness (QED) is 0.108. The Hall–Kier alpha value is -4.12. The summed E-state index contributed by atoms with van der Waals surface area (Å²) in [5.41, 5.74) is -0.280. The van der Waals surface area contributed by atoms with Crippen molar-refractivity contribution in [1.82, 2.24) is 9.80 Å². The molecule has 0 aromatic heterocycles. The largest absolute Gasteiger partial charge is 0.457 e. The second-order valence-corrected chi connectivity index (χ2v) is 39.5. The van der Waals surface area contributed by atoms with Crippen LogP contribution in [0.2, 0.25) is 0 Å². The van der Waals surface area contributed by atoms with Gasteiger partial charge in [0, 0.05) is 50.9 Å². The van der Waals surface area contributed by atoms with Crippen LogP contribution >= 0.6 is 0 Å². The number of nitrogens with zero attached hydrogens (tertiary/aromatic N) is 2. The predicted molar refractivity (Wildman–Crippen MR) is 392 cm³/mol. The van der Waals surface area contributed by atoms with Crippen molar-refractivity contribution in [2.24, 2.45) is 101 Å². The van der Waals surface area contributed by atoms with E-state index in [9.17, 15) is 49.8 Å². The Kier molecular flexibility index (Phi) is 19.8. The van der Waals surface area contributed by atoms with Crippen LogP contribution in [0.25, 0.3) is 0 Å². The summed E-state index contributed by atoms with van der Waals surface area (Å²) in [4.78, 5) is 52.7. The Bertz CT molecular complexity index is 3560. The van der Waals surface area contributed by atoms with E-state index in [-0.39, 0.29) is 109 Å². The Morgan fingerprint density at radius 2 is 0.933 bits per heavy atom. The number of carbonyl (C=O) groups is 4. The van der Waals surface area contributed by atoms with Crippen LogP contribution in [0.4, 0.5) is 0 Å². The van der Waals surface area contributed by atoms with Gasteiger partial charge >= 0.3 is 11.9 Å². The van der Waals surface area contributed by atoms with E-state index in [1.165, 1.54) is 39.5 Å². The Balaban J connectivity index is 0.000000152. The highest BCUT2D eigenvalue weighted by atomic mass is 16.7. The number of amides is 2. The monoisotopic (exact) mass is 1460 g/mol. The number of benzene rings is 2. The van der Waals surface area contributed by atoms with E-state index in [2.05, 4.69) is 81.4 Å². The van der Waals surface area contributed by atoms with Gasteiger partial charge in [-0.25, -0.2) is 0 Å². The van der Waals surface area contributed by atoms with Gasteiger partial charge in [-0.3, -0.25) is 19.2 Å². The van der Waals surface area contributed by atoms with Crippen LogP contribution in [-0.2, 0) is 65.4 Å². The first-order chi connectivity index (χ1) is 49.1. The molecule has 0 bridgehead atoms. The van der Waals surface area contributed by atoms with Crippen LogP contribution in [0.1, 0.15) is 225 Å². The number of aliphatic hydroxyl groups excluding tert-OH is 4. The maximum atomic E-state index is 13.6. The van der Waals surface area contributed by atoms with Crippen molar-refractivity contribution in [3.05, 3.63) is 71.8 Å². The molecule has 4 aliphatic heterocycles. The van der Waals surface area contributed by atoms with Gasteiger partial charge in [-0.2, -0.15) is 0 Å². The zero-order chi connectivity index (χ0) is 75.7. The maximum Gasteiger partial charge on any atom is 0.303 e. The second-order valence-electron chi connectivity index (χ2n) is 39.5. The van der Waals surface area contributed by atoms with Gasteiger partial charge < -0.3 is 73.6 Å². The number of hydrogen-bond acceptors (Lipinski definition) is 17. The molecule has 4 spiro atoms. The van der Waals surface area contributed by atoms with Crippen molar-refractivity contribution in [3.63, 3.8) is 0 Å². The number of aliphatic hydroxyl groups is 6. The van der Waals surface area contributed by atoms with Gasteiger partial charge in [0.15, 0.2) is 12.2 Å². The lowest BCUT2D eigenvalue weighted by molar-refractivity contribution is -0.244. The minimum absolute atomic E-state index is 0.0383. The normalized spacial score (nSPS) is 46.4. The SMILES string of the molecule is CC(=O)O[C@@H]([C@H]1C[C@@H](C)C2[C@H](O1)[C@H](O)[C@@]1(C)[C@@H]3CC[C@H]4C(C)(C)[C@@H](O)CCC45C[C@@]35CC[C@]21C)C(C)(C)O.CC(=O)O[C@@H]([C@H]1C[C@@H](C)C2[C@H](O1)[C@H](O)[C@@]1(C)[C@@H]3CC[C@H]4C(C)(C)[C@@H](OC5OCCN(Cc6ccccc6)C5=O)CCC45C[C@@]35CC[C@]21C)C(C)(C)O.O=C1C(O)OCCN1Cc1ccccc1. The van der Waals surface area contributed by atoms with Crippen molar-refractivity contribution in [2.45, 2.75) is 311 Å². The first kappa shape index (κ1) is 77.6. The summed E-state index contributed by atoms with van der Waals surface area (Å²) in [6.45, 7) is 36.0. The summed E-state index contributed by atoms with van der Waals surface area (Å²) in [6, 6.07) is 19.8. The first-order valence-corrected chi connectivity index (χ1v) is 40.5. The lowest BCUT2D eigenvalue weighted by Gasteiger charge is -2.63. The van der Waals surface area contributed by atoms with Crippen molar-refractivity contribution in [1.29, 1.82) is 0 Å². The average Bonchev–Trinajstić information content (AvgIpc) is 1.46. The number of fused-ring (bicyclic) bond motifs is 8. The smallest absolute Gasteiger partial charge is 0.303 e. The molecular formula is C86H128N2O17. The fourth-order valence-electron chi connectivity index (χ4n) is 28.4. The highest BCUT2D eigenvalue weighted by Gasteiger charge is 2.87. The number of rotatable bonds is 12. The van der Waals surface area contributed by atoms with Gasteiger partial charge in [-0.1, -0.05) is 130 Å². The number of esters is 2. The Morgan fingerprint density at radius 1 is 0.533 bits per heavy atom. The van der Waals surface area contributed by atoms with Crippen molar-refractivity contribution in [3.8, 4) is 0 Å². The molecule has 105 heavy (non-hydrogen) atoms. The zero-order valence-corrected chi connectivity index (χ0v) is 65.9. The third-order valence-electron chi connectivity index (χ3n) is 33.2. The summed E-state index contributed by atoms with van der Waals surface area (Å²) >= 11 is 0. The molecule has 19 nitrogen and oxygen atoms in total. The van der Waals surface area contributed by atoms with Crippen LogP contribution < -0.4 is 0 Å². The van der Waals surface area contributed by atoms with Crippen molar-refractivity contribution < 1.29 is 83.0 Å². The van der Waals surface area contributed by atoms with Gasteiger partial charge in [0.25, 0.3) is 11.8 Å². The van der Waals surface area contributed by atoms with Gasteiger partial charge in [-0.15, -0.1) is 0 Å². The number of ether oxygens (including phenoxy) is 7. The third kappa shape index (κ3) is 11.9. The molecule has 4 heterocycles. The second kappa shape index (κ2) is 26.8. The molecule has 6 unspecified atom stereocenters. The molecule has 0 radical (unpaired) electrons. The number of carbonyl (C=O) groups excluding carboxylic acids is 4. The molecule has 2 aromatic carbocycles. The fourth-order valence-corrected chi connectivity index (χ4v) is 28.4. The molecule has 16 rings (SSSR count). The first-order valence-electron chi connectivity index (χ1n) is 40.5. The van der Waals surface area contributed by atoms with Crippen molar-refractivity contribution in [2.75, 3.05) is 26.3 Å². The third-order valence-corrected chi connectivity index (χ3v) is 33.2. The van der Waals surface area contributed by atoms with Gasteiger partial charge in [0.1, 0.15) is 0 Å². The molecule has 4 saturated heterocycles. The molecular weight excluding hydrogens is 1330 g/mol. The van der Waals surface area contributed by atoms with E-state index in [0.717, 1.165) is 75.3 Å². The van der Waals surface area contributed by atoms with Crippen LogP contribution in [-0.4, -0.2) is 175 Å².